The van der Waals surface area contributed by atoms with E-state index in [0.717, 1.165) is 10.8 Å². The van der Waals surface area contributed by atoms with Crippen LogP contribution in [-0.2, 0) is 4.74 Å². The third kappa shape index (κ3) is 2.98. The maximum Gasteiger partial charge on any atom is 0.337 e. The molecule has 0 unspecified atom stereocenters. The lowest BCUT2D eigenvalue weighted by Crippen LogP contribution is -2.27. The largest absolute Gasteiger partial charge is 0.465 e. The van der Waals surface area contributed by atoms with Gasteiger partial charge in [-0.15, -0.1) is 0 Å². The van der Waals surface area contributed by atoms with Gasteiger partial charge in [-0.05, 0) is 41.1 Å². The third-order valence-corrected chi connectivity index (χ3v) is 3.70. The molecule has 0 aliphatic rings. The highest BCUT2D eigenvalue weighted by Gasteiger charge is 2.17. The maximum atomic E-state index is 12.5. The summed E-state index contributed by atoms with van der Waals surface area (Å²) < 4.78 is 4.64. The first-order chi connectivity index (χ1) is 11.6. The van der Waals surface area contributed by atoms with Crippen LogP contribution in [0.5, 0.6) is 0 Å². The number of hydrogen-bond acceptors (Lipinski definition) is 4. The minimum Gasteiger partial charge on any atom is -0.465 e. The number of ether oxygens (including phenoxy) is 1. The second-order valence-electron chi connectivity index (χ2n) is 5.22. The van der Waals surface area contributed by atoms with Crippen LogP contribution in [0.2, 0.25) is 0 Å². The smallest absolute Gasteiger partial charge is 0.337 e. The lowest BCUT2D eigenvalue weighted by molar-refractivity contribution is 0.0600. The summed E-state index contributed by atoms with van der Waals surface area (Å²) in [5.41, 5.74) is 0.783. The molecule has 0 aliphatic heterocycles. The van der Waals surface area contributed by atoms with Crippen LogP contribution in [0.1, 0.15) is 20.7 Å². The number of anilines is 1. The first-order valence-corrected chi connectivity index (χ1v) is 7.30. The van der Waals surface area contributed by atoms with E-state index in [1.165, 1.54) is 19.2 Å². The van der Waals surface area contributed by atoms with Crippen LogP contribution in [0, 0.1) is 0 Å². The Balaban J connectivity index is 1.92. The Morgan fingerprint density at radius 2 is 1.58 bits per heavy atom. The average molecular weight is 321 g/mol. The fourth-order valence-corrected chi connectivity index (χ4v) is 2.45. The molecular formula is C19H15NO4. The van der Waals surface area contributed by atoms with Crippen molar-refractivity contribution < 1.29 is 19.5 Å². The number of nitrogens with zero attached hydrogens (tertiary/aromatic N) is 1. The van der Waals surface area contributed by atoms with Crippen molar-refractivity contribution in [1.82, 2.24) is 0 Å². The molecule has 3 aromatic rings. The summed E-state index contributed by atoms with van der Waals surface area (Å²) in [5, 5.41) is 12.7. The average Bonchev–Trinajstić information content (AvgIpc) is 2.65. The number of fused-ring (bicyclic) bond motifs is 1. The number of esters is 1. The molecule has 0 spiro atoms. The molecule has 24 heavy (non-hydrogen) atoms. The van der Waals surface area contributed by atoms with E-state index in [0.29, 0.717) is 10.8 Å². The Hall–Kier alpha value is -3.18. The molecule has 3 rings (SSSR count). The second-order valence-corrected chi connectivity index (χ2v) is 5.22. The van der Waals surface area contributed by atoms with Crippen molar-refractivity contribution in [3.8, 4) is 0 Å². The minimum atomic E-state index is -0.629. The van der Waals surface area contributed by atoms with Crippen molar-refractivity contribution in [2.45, 2.75) is 0 Å². The highest BCUT2D eigenvalue weighted by Crippen LogP contribution is 2.22. The number of benzene rings is 3. The number of hydrogen-bond donors (Lipinski definition) is 1. The van der Waals surface area contributed by atoms with Crippen molar-refractivity contribution in [2.24, 2.45) is 0 Å². The molecule has 120 valence electrons. The predicted molar refractivity (Wildman–Crippen MR) is 90.3 cm³/mol. The summed E-state index contributed by atoms with van der Waals surface area (Å²) in [4.78, 5) is 24.0. The van der Waals surface area contributed by atoms with Gasteiger partial charge in [-0.2, -0.15) is 5.06 Å². The van der Waals surface area contributed by atoms with Gasteiger partial charge in [0.1, 0.15) is 0 Å². The second kappa shape index (κ2) is 6.52. The van der Waals surface area contributed by atoms with E-state index in [1.54, 1.807) is 24.3 Å². The Bertz CT molecular complexity index is 920. The molecule has 0 heterocycles. The van der Waals surface area contributed by atoms with Gasteiger partial charge in [0.2, 0.25) is 0 Å². The molecule has 5 nitrogen and oxygen atoms in total. The quantitative estimate of drug-likeness (QED) is 0.454. The number of carbonyl (C=O) groups excluding carboxylic acids is 2. The van der Waals surface area contributed by atoms with E-state index < -0.39 is 11.9 Å². The Morgan fingerprint density at radius 1 is 0.875 bits per heavy atom. The van der Waals surface area contributed by atoms with Crippen LogP contribution in [0.25, 0.3) is 10.8 Å². The molecular weight excluding hydrogens is 306 g/mol. The molecule has 3 aromatic carbocycles. The van der Waals surface area contributed by atoms with E-state index in [2.05, 4.69) is 4.74 Å². The summed E-state index contributed by atoms with van der Waals surface area (Å²) in [6.07, 6.45) is 0. The van der Waals surface area contributed by atoms with Gasteiger partial charge in [0, 0.05) is 5.56 Å². The topological polar surface area (TPSA) is 66.8 Å². The zero-order valence-electron chi connectivity index (χ0n) is 13.0. The molecule has 0 radical (unpaired) electrons. The first kappa shape index (κ1) is 15.7. The van der Waals surface area contributed by atoms with Gasteiger partial charge in [-0.3, -0.25) is 10.0 Å². The Kier molecular flexibility index (Phi) is 4.26. The van der Waals surface area contributed by atoms with Crippen molar-refractivity contribution in [3.05, 3.63) is 77.9 Å². The summed E-state index contributed by atoms with van der Waals surface area (Å²) >= 11 is 0. The molecule has 0 atom stereocenters. The van der Waals surface area contributed by atoms with Crippen LogP contribution in [-0.4, -0.2) is 24.2 Å². The van der Waals surface area contributed by atoms with Gasteiger partial charge in [0.15, 0.2) is 0 Å². The number of rotatable bonds is 3. The van der Waals surface area contributed by atoms with Crippen LogP contribution in [0.15, 0.2) is 66.7 Å². The molecule has 1 amide bonds. The van der Waals surface area contributed by atoms with Crippen molar-refractivity contribution in [2.75, 3.05) is 12.2 Å². The molecule has 5 heteroatoms. The first-order valence-electron chi connectivity index (χ1n) is 7.30. The van der Waals surface area contributed by atoms with Crippen LogP contribution >= 0.6 is 0 Å². The lowest BCUT2D eigenvalue weighted by Gasteiger charge is -2.16. The van der Waals surface area contributed by atoms with Gasteiger partial charge in [-0.1, -0.05) is 36.4 Å². The number of amides is 1. The molecule has 0 aliphatic carbocycles. The summed E-state index contributed by atoms with van der Waals surface area (Å²) in [5.74, 6) is -1.17. The zero-order valence-corrected chi connectivity index (χ0v) is 13.0. The van der Waals surface area contributed by atoms with Crippen molar-refractivity contribution in [3.63, 3.8) is 0 Å². The fraction of sp³-hybridized carbons (Fsp3) is 0.0526. The highest BCUT2D eigenvalue weighted by molar-refractivity contribution is 6.06. The Labute approximate surface area is 138 Å². The Morgan fingerprint density at radius 3 is 2.33 bits per heavy atom. The zero-order chi connectivity index (χ0) is 17.1. The molecule has 0 saturated carbocycles. The summed E-state index contributed by atoms with van der Waals surface area (Å²) in [6, 6.07) is 18.9. The molecule has 0 bridgehead atoms. The van der Waals surface area contributed by atoms with E-state index in [4.69, 9.17) is 0 Å². The molecule has 0 fully saturated rings. The van der Waals surface area contributed by atoms with Crippen LogP contribution < -0.4 is 5.06 Å². The van der Waals surface area contributed by atoms with E-state index in [-0.39, 0.29) is 11.1 Å². The van der Waals surface area contributed by atoms with Gasteiger partial charge in [0.25, 0.3) is 5.91 Å². The number of carbonyl (C=O) groups is 2. The monoisotopic (exact) mass is 321 g/mol. The van der Waals surface area contributed by atoms with Gasteiger partial charge in [-0.25, -0.2) is 4.79 Å². The molecule has 0 saturated heterocycles. The van der Waals surface area contributed by atoms with E-state index >= 15 is 0 Å². The van der Waals surface area contributed by atoms with Gasteiger partial charge in [0.05, 0.1) is 18.4 Å². The van der Waals surface area contributed by atoms with E-state index in [1.807, 2.05) is 30.3 Å². The third-order valence-electron chi connectivity index (χ3n) is 3.70. The van der Waals surface area contributed by atoms with Crippen molar-refractivity contribution in [1.29, 1.82) is 0 Å². The summed E-state index contributed by atoms with van der Waals surface area (Å²) in [7, 11) is 1.27. The van der Waals surface area contributed by atoms with Crippen LogP contribution in [0.4, 0.5) is 5.69 Å². The van der Waals surface area contributed by atoms with Crippen LogP contribution in [0.3, 0.4) is 0 Å². The fourth-order valence-electron chi connectivity index (χ4n) is 2.45. The highest BCUT2D eigenvalue weighted by atomic mass is 16.5. The normalized spacial score (nSPS) is 10.4. The molecule has 0 aromatic heterocycles. The minimum absolute atomic E-state index is 0.188. The SMILES string of the molecule is COC(=O)c1cccc(C(=O)N(O)c2ccc3ccccc3c2)c1. The van der Waals surface area contributed by atoms with Gasteiger partial charge < -0.3 is 4.74 Å². The maximum absolute atomic E-state index is 12.5. The van der Waals surface area contributed by atoms with E-state index in [9.17, 15) is 14.8 Å². The summed E-state index contributed by atoms with van der Waals surface area (Å²) in [6.45, 7) is 0. The van der Waals surface area contributed by atoms with Gasteiger partial charge >= 0.3 is 5.97 Å². The number of methoxy groups -OCH3 is 1. The molecule has 1 N–H and O–H groups in total. The predicted octanol–water partition coefficient (Wildman–Crippen LogP) is 3.66. The van der Waals surface area contributed by atoms with Crippen molar-refractivity contribution >= 4 is 28.3 Å². The standard InChI is InChI=1S/C19H15NO4/c1-24-19(22)16-8-4-7-15(11-16)18(21)20(23)17-10-9-13-5-2-3-6-14(13)12-17/h2-12,23H,1H3. The lowest BCUT2D eigenvalue weighted by atomic mass is 10.1. The number of hydroxylamine groups is 1.